The van der Waals surface area contributed by atoms with Gasteiger partial charge in [-0.2, -0.15) is 0 Å². The Balaban J connectivity index is 0.946. The van der Waals surface area contributed by atoms with Crippen LogP contribution >= 0.6 is 0 Å². The van der Waals surface area contributed by atoms with Crippen molar-refractivity contribution >= 4 is 24.0 Å². The molecule has 4 atom stereocenters. The van der Waals surface area contributed by atoms with Crippen LogP contribution in [-0.4, -0.2) is 103 Å². The Morgan fingerprint density at radius 2 is 1.02 bits per heavy atom. The van der Waals surface area contributed by atoms with E-state index in [0.717, 1.165) is 33.6 Å². The van der Waals surface area contributed by atoms with Crippen LogP contribution in [0.3, 0.4) is 0 Å². The standard InChI is InChI=1S/C45H46N10O6/c1-52-24-22-36(54(52)42(56)38(50-44(58)59)32-10-6-4-7-11-32)40-46-26-34(48-40)30-18-14-28(15-19-30)29-16-20-31(21-17-29)35-27-47-41(49-35)37-23-25-53(2)55(37)43(57)39(51-45(60)61-3)33-12-8-5-9-13-33/h4-21,26-27,36-39,50H,22-25H2,1-3H3,(H,46,48)(H,47,49)(H,51,60)(H,58,59)/t36-,37-,38+,39-/m0/s1. The van der Waals surface area contributed by atoms with Gasteiger partial charge >= 0.3 is 12.2 Å². The fraction of sp³-hybridized carbons (Fsp3) is 0.244. The Kier molecular flexibility index (Phi) is 11.6. The van der Waals surface area contributed by atoms with Gasteiger partial charge in [-0.3, -0.25) is 19.6 Å². The average Bonchev–Trinajstić information content (AvgIpc) is 4.12. The second-order valence-corrected chi connectivity index (χ2v) is 15.0. The number of H-pyrrole nitrogens is 2. The molecular formula is C45H46N10O6. The molecule has 0 radical (unpaired) electrons. The number of nitrogens with zero attached hydrogens (tertiary/aromatic N) is 6. The summed E-state index contributed by atoms with van der Waals surface area (Å²) in [5.74, 6) is 0.573. The Hall–Kier alpha value is -7.30. The molecular weight excluding hydrogens is 777 g/mol. The number of aromatic nitrogens is 4. The molecule has 0 unspecified atom stereocenters. The molecule has 312 valence electrons. The molecule has 16 heteroatoms. The molecule has 2 fully saturated rings. The van der Waals surface area contributed by atoms with E-state index in [1.807, 2.05) is 91.9 Å². The van der Waals surface area contributed by atoms with Gasteiger partial charge in [0.1, 0.15) is 35.8 Å². The van der Waals surface area contributed by atoms with Gasteiger partial charge in [-0.1, -0.05) is 109 Å². The van der Waals surface area contributed by atoms with E-state index in [9.17, 15) is 24.3 Å². The van der Waals surface area contributed by atoms with Gasteiger partial charge in [0.05, 0.1) is 30.9 Å². The van der Waals surface area contributed by atoms with Gasteiger partial charge in [-0.25, -0.2) is 29.6 Å². The van der Waals surface area contributed by atoms with E-state index in [4.69, 9.17) is 9.72 Å². The molecule has 61 heavy (non-hydrogen) atoms. The van der Waals surface area contributed by atoms with E-state index in [0.29, 0.717) is 48.7 Å². The van der Waals surface area contributed by atoms with E-state index in [-0.39, 0.29) is 17.9 Å². The van der Waals surface area contributed by atoms with Crippen molar-refractivity contribution in [1.29, 1.82) is 0 Å². The van der Waals surface area contributed by atoms with Crippen LogP contribution in [-0.2, 0) is 14.3 Å². The second-order valence-electron chi connectivity index (χ2n) is 15.0. The molecule has 2 aromatic heterocycles. The van der Waals surface area contributed by atoms with Crippen molar-refractivity contribution in [1.82, 2.24) is 50.6 Å². The van der Waals surface area contributed by atoms with Crippen LogP contribution in [0.4, 0.5) is 9.59 Å². The molecule has 8 rings (SSSR count). The topological polar surface area (TPSA) is 192 Å². The molecule has 0 spiro atoms. The van der Waals surface area contributed by atoms with Gasteiger partial charge in [0.25, 0.3) is 11.8 Å². The zero-order valence-electron chi connectivity index (χ0n) is 33.9. The van der Waals surface area contributed by atoms with E-state index < -0.39 is 30.3 Å². The van der Waals surface area contributed by atoms with Crippen LogP contribution < -0.4 is 10.6 Å². The molecule has 2 aliphatic heterocycles. The molecule has 0 saturated carbocycles. The van der Waals surface area contributed by atoms with E-state index >= 15 is 0 Å². The lowest BCUT2D eigenvalue weighted by molar-refractivity contribution is -0.149. The third kappa shape index (κ3) is 8.44. The lowest BCUT2D eigenvalue weighted by Gasteiger charge is -2.32. The molecule has 0 aliphatic carbocycles. The summed E-state index contributed by atoms with van der Waals surface area (Å²) >= 11 is 0. The first-order valence-corrected chi connectivity index (χ1v) is 19.9. The summed E-state index contributed by atoms with van der Waals surface area (Å²) in [5, 5.41) is 21.5. The van der Waals surface area contributed by atoms with Gasteiger partial charge < -0.3 is 30.4 Å². The van der Waals surface area contributed by atoms with Crippen LogP contribution in [0.5, 0.6) is 0 Å². The third-order valence-electron chi connectivity index (χ3n) is 11.3. The number of rotatable bonds is 11. The number of benzene rings is 4. The van der Waals surface area contributed by atoms with Crippen molar-refractivity contribution in [2.75, 3.05) is 34.3 Å². The Labute approximate surface area is 352 Å². The van der Waals surface area contributed by atoms with Crippen LogP contribution in [0.2, 0.25) is 0 Å². The maximum absolute atomic E-state index is 14.1. The zero-order valence-corrected chi connectivity index (χ0v) is 33.9. The predicted octanol–water partition coefficient (Wildman–Crippen LogP) is 6.48. The van der Waals surface area contributed by atoms with Gasteiger partial charge in [0.2, 0.25) is 0 Å². The van der Waals surface area contributed by atoms with Crippen LogP contribution in [0.1, 0.15) is 59.8 Å². The predicted molar refractivity (Wildman–Crippen MR) is 226 cm³/mol. The van der Waals surface area contributed by atoms with E-state index in [1.54, 1.807) is 63.8 Å². The number of methoxy groups -OCH3 is 1. The lowest BCUT2D eigenvalue weighted by atomic mass is 10.0. The molecule has 6 aromatic rings. The molecule has 2 aliphatic rings. The van der Waals surface area contributed by atoms with Crippen LogP contribution in [0.15, 0.2) is 122 Å². The summed E-state index contributed by atoms with van der Waals surface area (Å²) in [6, 6.07) is 31.4. The number of ether oxygens (including phenoxy) is 1. The zero-order chi connectivity index (χ0) is 42.6. The highest BCUT2D eigenvalue weighted by molar-refractivity contribution is 5.88. The number of amides is 4. The van der Waals surface area contributed by atoms with Gasteiger partial charge in [0, 0.05) is 27.2 Å². The Morgan fingerprint density at radius 3 is 1.41 bits per heavy atom. The molecule has 16 nitrogen and oxygen atoms in total. The average molecular weight is 823 g/mol. The fourth-order valence-corrected chi connectivity index (χ4v) is 8.12. The van der Waals surface area contributed by atoms with Gasteiger partial charge in [-0.15, -0.1) is 0 Å². The van der Waals surface area contributed by atoms with Crippen molar-refractivity contribution < 1.29 is 29.0 Å². The van der Waals surface area contributed by atoms with E-state index in [1.165, 1.54) is 7.11 Å². The monoisotopic (exact) mass is 822 g/mol. The van der Waals surface area contributed by atoms with Crippen molar-refractivity contribution in [3.8, 4) is 33.6 Å². The number of aromatic amines is 2. The Bertz CT molecular complexity index is 2490. The maximum Gasteiger partial charge on any atom is 0.407 e. The minimum Gasteiger partial charge on any atom is -0.465 e. The summed E-state index contributed by atoms with van der Waals surface area (Å²) in [6.45, 7) is 1.23. The molecule has 4 amide bonds. The number of hydrogen-bond donors (Lipinski definition) is 5. The molecule has 5 N–H and O–H groups in total. The highest BCUT2D eigenvalue weighted by Crippen LogP contribution is 2.36. The number of alkyl carbamates (subject to hydrolysis) is 1. The van der Waals surface area contributed by atoms with Crippen molar-refractivity contribution in [2.24, 2.45) is 0 Å². The van der Waals surface area contributed by atoms with Gasteiger partial charge in [-0.05, 0) is 46.2 Å². The van der Waals surface area contributed by atoms with Crippen molar-refractivity contribution in [2.45, 2.75) is 37.0 Å². The van der Waals surface area contributed by atoms with Crippen LogP contribution in [0.25, 0.3) is 33.6 Å². The smallest absolute Gasteiger partial charge is 0.407 e. The van der Waals surface area contributed by atoms with E-state index in [2.05, 4.69) is 25.6 Å². The summed E-state index contributed by atoms with van der Waals surface area (Å²) in [6.07, 6.45) is 2.82. The highest BCUT2D eigenvalue weighted by Gasteiger charge is 2.42. The minimum atomic E-state index is -1.28. The van der Waals surface area contributed by atoms with Crippen LogP contribution in [0, 0.1) is 0 Å². The SMILES string of the molecule is COC(=O)N[C@H](C(=O)N1[C@H](c2ncc(-c3ccc(-c4ccc(-c5cnc([C@@H]6CCN(C)N6C(=O)[C@H](NC(=O)O)c6ccccc6)[nH]5)cc4)cc3)[nH]2)CCN1C)c1ccccc1. The molecule has 4 heterocycles. The molecule has 0 bridgehead atoms. The maximum atomic E-state index is 14.1. The lowest BCUT2D eigenvalue weighted by Crippen LogP contribution is -2.47. The first kappa shape index (κ1) is 40.5. The number of nitrogens with one attached hydrogen (secondary N) is 4. The first-order chi connectivity index (χ1) is 29.6. The highest BCUT2D eigenvalue weighted by atomic mass is 16.5. The van der Waals surface area contributed by atoms with Crippen molar-refractivity contribution in [3.63, 3.8) is 0 Å². The third-order valence-corrected chi connectivity index (χ3v) is 11.3. The number of carbonyl (C=O) groups is 4. The minimum absolute atomic E-state index is 0.298. The summed E-state index contributed by atoms with van der Waals surface area (Å²) in [5.41, 5.74) is 6.69. The number of carboxylic acid groups (broad SMARTS) is 1. The first-order valence-electron chi connectivity index (χ1n) is 19.9. The molecule has 4 aromatic carbocycles. The number of hydrazine groups is 2. The summed E-state index contributed by atoms with van der Waals surface area (Å²) in [4.78, 5) is 68.2. The number of imidazole rings is 2. The summed E-state index contributed by atoms with van der Waals surface area (Å²) < 4.78 is 4.84. The quantitative estimate of drug-likeness (QED) is 0.0967. The number of carbonyl (C=O) groups excluding carboxylic acids is 3. The second kappa shape index (κ2) is 17.5. The Morgan fingerprint density at radius 1 is 0.623 bits per heavy atom. The number of hydrogen-bond acceptors (Lipinski definition) is 9. The summed E-state index contributed by atoms with van der Waals surface area (Å²) in [7, 11) is 4.92. The van der Waals surface area contributed by atoms with Crippen molar-refractivity contribution in [3.05, 3.63) is 144 Å². The molecule has 2 saturated heterocycles. The normalized spacial score (nSPS) is 17.8. The fourth-order valence-electron chi connectivity index (χ4n) is 8.12. The largest absolute Gasteiger partial charge is 0.465 e. The van der Waals surface area contributed by atoms with Gasteiger partial charge in [0.15, 0.2) is 0 Å².